The van der Waals surface area contributed by atoms with E-state index in [1.807, 2.05) is 31.2 Å². The van der Waals surface area contributed by atoms with Crippen molar-refractivity contribution in [1.82, 2.24) is 35.2 Å². The number of halogens is 1. The lowest BCUT2D eigenvalue weighted by atomic mass is 9.98. The molecule has 0 aliphatic carbocycles. The number of aryl methyl sites for hydroxylation is 3. The van der Waals surface area contributed by atoms with Gasteiger partial charge in [0, 0.05) is 17.7 Å². The Morgan fingerprint density at radius 3 is 2.50 bits per heavy atom. The molecule has 8 heteroatoms. The maximum absolute atomic E-state index is 14.0. The molecule has 3 aromatic heterocycles. The summed E-state index contributed by atoms with van der Waals surface area (Å²) in [5.41, 5.74) is 7.41. The highest BCUT2D eigenvalue weighted by molar-refractivity contribution is 5.80. The van der Waals surface area contributed by atoms with Gasteiger partial charge >= 0.3 is 0 Å². The van der Waals surface area contributed by atoms with Crippen molar-refractivity contribution in [3.63, 3.8) is 0 Å². The van der Waals surface area contributed by atoms with E-state index < -0.39 is 0 Å². The van der Waals surface area contributed by atoms with Crippen LogP contribution in [0.5, 0.6) is 0 Å². The fraction of sp³-hybridized carbons (Fsp3) is 0.208. The van der Waals surface area contributed by atoms with E-state index in [0.29, 0.717) is 17.9 Å². The Bertz CT molecular complexity index is 1400. The number of rotatable bonds is 5. The monoisotopic (exact) mass is 427 g/mol. The molecule has 0 spiro atoms. The van der Waals surface area contributed by atoms with E-state index in [-0.39, 0.29) is 5.82 Å². The third kappa shape index (κ3) is 3.53. The van der Waals surface area contributed by atoms with Gasteiger partial charge in [0.15, 0.2) is 5.65 Å². The average molecular weight is 427 g/mol. The largest absolute Gasteiger partial charge is 0.308 e. The first-order valence-corrected chi connectivity index (χ1v) is 10.5. The molecule has 0 aliphatic rings. The molecule has 32 heavy (non-hydrogen) atoms. The van der Waals surface area contributed by atoms with Crippen LogP contribution in [0.15, 0.2) is 48.5 Å². The zero-order valence-corrected chi connectivity index (χ0v) is 18.1. The first kappa shape index (κ1) is 20.0. The van der Waals surface area contributed by atoms with E-state index in [4.69, 9.17) is 9.97 Å². The fourth-order valence-corrected chi connectivity index (χ4v) is 4.08. The molecule has 0 fully saturated rings. The number of hydrogen-bond donors (Lipinski definition) is 1. The van der Waals surface area contributed by atoms with E-state index in [9.17, 15) is 4.39 Å². The zero-order valence-electron chi connectivity index (χ0n) is 18.1. The minimum atomic E-state index is -0.314. The second kappa shape index (κ2) is 7.96. The Hall–Kier alpha value is -3.94. The molecule has 3 heterocycles. The van der Waals surface area contributed by atoms with Gasteiger partial charge in [0.25, 0.3) is 0 Å². The number of aromatic amines is 1. The molecule has 0 bridgehead atoms. The number of nitrogens with zero attached hydrogens (tertiary/aromatic N) is 6. The summed E-state index contributed by atoms with van der Waals surface area (Å²) in [7, 11) is 0. The van der Waals surface area contributed by atoms with Crippen LogP contribution >= 0.6 is 0 Å². The van der Waals surface area contributed by atoms with Gasteiger partial charge < -0.3 is 4.57 Å². The maximum atomic E-state index is 14.0. The van der Waals surface area contributed by atoms with E-state index in [1.54, 1.807) is 6.07 Å². The van der Waals surface area contributed by atoms with Gasteiger partial charge in [-0.1, -0.05) is 31.2 Å². The minimum Gasteiger partial charge on any atom is -0.308 e. The van der Waals surface area contributed by atoms with Crippen LogP contribution in [-0.4, -0.2) is 35.2 Å². The number of fused-ring (bicyclic) bond motifs is 1. The lowest BCUT2D eigenvalue weighted by Crippen LogP contribution is -2.05. The second-order valence-electron chi connectivity index (χ2n) is 7.84. The van der Waals surface area contributed by atoms with Crippen LogP contribution in [0, 0.1) is 19.7 Å². The Balaban J connectivity index is 1.52. The van der Waals surface area contributed by atoms with Crippen molar-refractivity contribution in [3.8, 4) is 22.5 Å². The summed E-state index contributed by atoms with van der Waals surface area (Å²) in [6.07, 6.45) is 0.824. The molecule has 7 nitrogen and oxygen atoms in total. The zero-order chi connectivity index (χ0) is 22.2. The number of benzene rings is 2. The first-order chi connectivity index (χ1) is 15.5. The summed E-state index contributed by atoms with van der Waals surface area (Å²) in [4.78, 5) is 9.57. The Morgan fingerprint density at radius 2 is 1.78 bits per heavy atom. The highest BCUT2D eigenvalue weighted by Gasteiger charge is 2.15. The molecule has 0 atom stereocenters. The van der Waals surface area contributed by atoms with Crippen LogP contribution in [-0.2, 0) is 13.0 Å². The smallest absolute Gasteiger partial charge is 0.205 e. The normalized spacial score (nSPS) is 11.4. The van der Waals surface area contributed by atoms with Gasteiger partial charge in [-0.05, 0) is 65.6 Å². The SMILES string of the molecule is CCc1nc2c(C)cc(C)nc2n1Cc1ccc(-c2cc(F)ccc2-c2nn[nH]n2)cc1. The average Bonchev–Trinajstić information content (AvgIpc) is 3.43. The molecular weight excluding hydrogens is 405 g/mol. The molecule has 160 valence electrons. The second-order valence-corrected chi connectivity index (χ2v) is 7.84. The standard InChI is InChI=1S/C24H22FN7/c1-4-21-27-22-14(2)11-15(3)26-24(22)32(21)13-16-5-7-17(8-6-16)20-12-18(25)9-10-19(20)23-28-30-31-29-23/h5-12H,4,13H2,1-3H3,(H,28,29,30,31). The summed E-state index contributed by atoms with van der Waals surface area (Å²) in [6.45, 7) is 6.84. The molecule has 5 aromatic rings. The lowest BCUT2D eigenvalue weighted by Gasteiger charge is -2.11. The Kier molecular flexibility index (Phi) is 4.97. The number of H-pyrrole nitrogens is 1. The molecule has 0 saturated carbocycles. The third-order valence-electron chi connectivity index (χ3n) is 5.59. The van der Waals surface area contributed by atoms with E-state index in [2.05, 4.69) is 45.1 Å². The lowest BCUT2D eigenvalue weighted by molar-refractivity contribution is 0.628. The molecule has 0 amide bonds. The fourth-order valence-electron chi connectivity index (χ4n) is 4.08. The maximum Gasteiger partial charge on any atom is 0.205 e. The summed E-state index contributed by atoms with van der Waals surface area (Å²) in [5.74, 6) is 1.12. The Morgan fingerprint density at radius 1 is 0.969 bits per heavy atom. The molecule has 0 unspecified atom stereocenters. The van der Waals surface area contributed by atoms with Crippen LogP contribution in [0.2, 0.25) is 0 Å². The van der Waals surface area contributed by atoms with E-state index in [1.165, 1.54) is 12.1 Å². The van der Waals surface area contributed by atoms with Crippen LogP contribution in [0.25, 0.3) is 33.7 Å². The summed E-state index contributed by atoms with van der Waals surface area (Å²) in [5, 5.41) is 14.2. The quantitative estimate of drug-likeness (QED) is 0.441. The molecule has 0 aliphatic heterocycles. The van der Waals surface area contributed by atoms with Gasteiger partial charge in [0.2, 0.25) is 5.82 Å². The third-order valence-corrected chi connectivity index (χ3v) is 5.59. The van der Waals surface area contributed by atoms with Gasteiger partial charge in [0.05, 0.1) is 6.54 Å². The van der Waals surface area contributed by atoms with E-state index in [0.717, 1.165) is 51.4 Å². The van der Waals surface area contributed by atoms with Gasteiger partial charge in [-0.25, -0.2) is 14.4 Å². The van der Waals surface area contributed by atoms with Gasteiger partial charge in [-0.15, -0.1) is 10.2 Å². The predicted octanol–water partition coefficient (Wildman–Crippen LogP) is 4.65. The highest BCUT2D eigenvalue weighted by atomic mass is 19.1. The highest BCUT2D eigenvalue weighted by Crippen LogP contribution is 2.31. The number of aromatic nitrogens is 7. The van der Waals surface area contributed by atoms with Crippen molar-refractivity contribution < 1.29 is 4.39 Å². The van der Waals surface area contributed by atoms with Crippen molar-refractivity contribution in [1.29, 1.82) is 0 Å². The van der Waals surface area contributed by atoms with Gasteiger partial charge in [-0.2, -0.15) is 5.21 Å². The Labute approximate surface area is 184 Å². The summed E-state index contributed by atoms with van der Waals surface area (Å²) in [6, 6.07) is 14.7. The molecule has 1 N–H and O–H groups in total. The van der Waals surface area contributed by atoms with Gasteiger partial charge in [-0.3, -0.25) is 0 Å². The number of imidazole rings is 1. The number of nitrogens with one attached hydrogen (secondary N) is 1. The molecular formula is C24H22FN7. The number of pyridine rings is 1. The minimum absolute atomic E-state index is 0.314. The topological polar surface area (TPSA) is 85.2 Å². The van der Waals surface area contributed by atoms with Crippen molar-refractivity contribution in [2.75, 3.05) is 0 Å². The summed E-state index contributed by atoms with van der Waals surface area (Å²) >= 11 is 0. The van der Waals surface area contributed by atoms with Crippen molar-refractivity contribution in [2.45, 2.75) is 33.7 Å². The summed E-state index contributed by atoms with van der Waals surface area (Å²) < 4.78 is 16.2. The predicted molar refractivity (Wildman–Crippen MR) is 120 cm³/mol. The first-order valence-electron chi connectivity index (χ1n) is 10.5. The van der Waals surface area contributed by atoms with Crippen LogP contribution < -0.4 is 0 Å². The van der Waals surface area contributed by atoms with Crippen molar-refractivity contribution in [2.24, 2.45) is 0 Å². The van der Waals surface area contributed by atoms with Gasteiger partial charge in [0.1, 0.15) is 17.2 Å². The van der Waals surface area contributed by atoms with E-state index >= 15 is 0 Å². The van der Waals surface area contributed by atoms with Crippen molar-refractivity contribution >= 4 is 11.2 Å². The number of tetrazole rings is 1. The molecule has 2 aromatic carbocycles. The molecule has 0 radical (unpaired) electrons. The van der Waals surface area contributed by atoms with Crippen molar-refractivity contribution in [3.05, 3.63) is 77.0 Å². The van der Waals surface area contributed by atoms with Crippen LogP contribution in [0.4, 0.5) is 4.39 Å². The van der Waals surface area contributed by atoms with Crippen LogP contribution in [0.1, 0.15) is 29.6 Å². The molecule has 5 rings (SSSR count). The number of hydrogen-bond acceptors (Lipinski definition) is 5. The van der Waals surface area contributed by atoms with Crippen LogP contribution in [0.3, 0.4) is 0 Å². The molecule has 0 saturated heterocycles.